The van der Waals surface area contributed by atoms with E-state index < -0.39 is 10.7 Å². The topological polar surface area (TPSA) is 57.3 Å². The summed E-state index contributed by atoms with van der Waals surface area (Å²) in [5, 5.41) is 12.5. The molecule has 0 bridgehead atoms. The van der Waals surface area contributed by atoms with Crippen molar-refractivity contribution in [3.63, 3.8) is 0 Å². The van der Waals surface area contributed by atoms with Crippen LogP contribution in [0.15, 0.2) is 30.3 Å². The number of nitro groups is 1. The standard InChI is InChI=1S/C18H15FN2O3/c1-20-15-6-4-12(24-2)9-14(15)13-5-3-10-7-11(19)8-16(21(22)23)17(10)18(13)20/h4,6-9H,3,5H2,1-2H3. The zero-order valence-corrected chi connectivity index (χ0v) is 13.3. The van der Waals surface area contributed by atoms with Crippen LogP contribution in [-0.2, 0) is 19.9 Å². The summed E-state index contributed by atoms with van der Waals surface area (Å²) in [6, 6.07) is 8.18. The number of ether oxygens (including phenoxy) is 1. The molecule has 6 heteroatoms. The Kier molecular flexibility index (Phi) is 3.09. The van der Waals surface area contributed by atoms with E-state index in [9.17, 15) is 14.5 Å². The fourth-order valence-corrected chi connectivity index (χ4v) is 3.72. The van der Waals surface area contributed by atoms with Crippen LogP contribution in [0.2, 0.25) is 0 Å². The van der Waals surface area contributed by atoms with Gasteiger partial charge in [-0.05, 0) is 48.2 Å². The van der Waals surface area contributed by atoms with E-state index in [0.29, 0.717) is 24.0 Å². The van der Waals surface area contributed by atoms with Crippen molar-refractivity contribution in [1.29, 1.82) is 0 Å². The fourth-order valence-electron chi connectivity index (χ4n) is 3.72. The molecule has 0 amide bonds. The second-order valence-electron chi connectivity index (χ2n) is 5.99. The molecule has 0 unspecified atom stereocenters. The maximum Gasteiger partial charge on any atom is 0.281 e. The van der Waals surface area contributed by atoms with Crippen LogP contribution >= 0.6 is 0 Å². The molecule has 4 rings (SSSR count). The molecule has 1 aromatic heterocycles. The van der Waals surface area contributed by atoms with E-state index in [-0.39, 0.29) is 5.69 Å². The minimum atomic E-state index is -0.565. The Morgan fingerprint density at radius 3 is 2.75 bits per heavy atom. The summed E-state index contributed by atoms with van der Waals surface area (Å²) in [6.45, 7) is 0. The highest BCUT2D eigenvalue weighted by Gasteiger charge is 2.30. The lowest BCUT2D eigenvalue weighted by molar-refractivity contribution is -0.384. The van der Waals surface area contributed by atoms with E-state index in [1.807, 2.05) is 29.8 Å². The van der Waals surface area contributed by atoms with Crippen LogP contribution in [0.5, 0.6) is 5.75 Å². The van der Waals surface area contributed by atoms with Crippen molar-refractivity contribution in [1.82, 2.24) is 4.57 Å². The number of fused-ring (bicyclic) bond motifs is 5. The Balaban J connectivity index is 2.11. The lowest BCUT2D eigenvalue weighted by Gasteiger charge is -2.18. The minimum Gasteiger partial charge on any atom is -0.497 e. The molecule has 0 radical (unpaired) electrons. The zero-order valence-electron chi connectivity index (χ0n) is 13.3. The van der Waals surface area contributed by atoms with Gasteiger partial charge in [-0.3, -0.25) is 10.1 Å². The molecular formula is C18H15FN2O3. The molecule has 1 heterocycles. The first-order valence-corrected chi connectivity index (χ1v) is 7.63. The molecule has 5 nitrogen and oxygen atoms in total. The van der Waals surface area contributed by atoms with Crippen molar-refractivity contribution < 1.29 is 14.1 Å². The number of benzene rings is 2. The van der Waals surface area contributed by atoms with E-state index in [0.717, 1.165) is 34.0 Å². The quantitative estimate of drug-likeness (QED) is 0.528. The molecule has 0 saturated carbocycles. The Hall–Kier alpha value is -2.89. The molecule has 0 saturated heterocycles. The molecule has 1 aliphatic carbocycles. The molecule has 3 aromatic rings. The number of hydrogen-bond acceptors (Lipinski definition) is 3. The van der Waals surface area contributed by atoms with Gasteiger partial charge in [0.2, 0.25) is 0 Å². The highest BCUT2D eigenvalue weighted by Crippen LogP contribution is 2.44. The van der Waals surface area contributed by atoms with Gasteiger partial charge in [0.1, 0.15) is 11.6 Å². The highest BCUT2D eigenvalue weighted by atomic mass is 19.1. The van der Waals surface area contributed by atoms with E-state index in [2.05, 4.69) is 0 Å². The zero-order chi connectivity index (χ0) is 17.0. The van der Waals surface area contributed by atoms with Gasteiger partial charge < -0.3 is 9.30 Å². The third kappa shape index (κ3) is 1.92. The van der Waals surface area contributed by atoms with Crippen LogP contribution in [0.1, 0.15) is 11.1 Å². The van der Waals surface area contributed by atoms with Gasteiger partial charge in [0, 0.05) is 18.0 Å². The first-order chi connectivity index (χ1) is 11.5. The molecule has 0 N–H and O–H groups in total. The van der Waals surface area contributed by atoms with E-state index in [4.69, 9.17) is 4.74 Å². The van der Waals surface area contributed by atoms with Gasteiger partial charge in [0.25, 0.3) is 5.69 Å². The monoisotopic (exact) mass is 326 g/mol. The van der Waals surface area contributed by atoms with Crippen LogP contribution < -0.4 is 4.74 Å². The van der Waals surface area contributed by atoms with Crippen molar-refractivity contribution in [2.45, 2.75) is 12.8 Å². The van der Waals surface area contributed by atoms with Crippen LogP contribution in [0, 0.1) is 15.9 Å². The Bertz CT molecular complexity index is 1010. The molecule has 0 aliphatic heterocycles. The van der Waals surface area contributed by atoms with Crippen molar-refractivity contribution in [3.8, 4) is 17.0 Å². The number of rotatable bonds is 2. The van der Waals surface area contributed by atoms with Crippen LogP contribution in [0.3, 0.4) is 0 Å². The summed E-state index contributed by atoms with van der Waals surface area (Å²) in [7, 11) is 3.50. The van der Waals surface area contributed by atoms with Gasteiger partial charge in [-0.15, -0.1) is 0 Å². The molecule has 122 valence electrons. The summed E-state index contributed by atoms with van der Waals surface area (Å²) < 4.78 is 21.0. The molecular weight excluding hydrogens is 311 g/mol. The summed E-state index contributed by atoms with van der Waals surface area (Å²) >= 11 is 0. The Labute approximate surface area is 137 Å². The largest absolute Gasteiger partial charge is 0.497 e. The molecule has 0 fully saturated rings. The van der Waals surface area contributed by atoms with Gasteiger partial charge in [-0.2, -0.15) is 0 Å². The van der Waals surface area contributed by atoms with E-state index >= 15 is 0 Å². The normalized spacial score (nSPS) is 12.8. The second-order valence-corrected chi connectivity index (χ2v) is 5.99. The number of hydrogen-bond donors (Lipinski definition) is 0. The predicted octanol–water partition coefficient (Wildman–Crippen LogP) is 4.00. The van der Waals surface area contributed by atoms with Gasteiger partial charge >= 0.3 is 0 Å². The van der Waals surface area contributed by atoms with Gasteiger partial charge in [-0.25, -0.2) is 4.39 Å². The van der Waals surface area contributed by atoms with Crippen LogP contribution in [0.25, 0.3) is 22.2 Å². The lowest BCUT2D eigenvalue weighted by Crippen LogP contribution is -2.09. The Morgan fingerprint density at radius 2 is 2.04 bits per heavy atom. The van der Waals surface area contributed by atoms with E-state index in [1.54, 1.807) is 7.11 Å². The number of nitrogens with zero attached hydrogens (tertiary/aromatic N) is 2. The third-order valence-electron chi connectivity index (χ3n) is 4.75. The summed E-state index contributed by atoms with van der Waals surface area (Å²) in [5.74, 6) is 0.180. The summed E-state index contributed by atoms with van der Waals surface area (Å²) in [6.07, 6.45) is 1.30. The van der Waals surface area contributed by atoms with Gasteiger partial charge in [0.05, 0.1) is 29.4 Å². The molecule has 1 aliphatic rings. The maximum absolute atomic E-state index is 13.8. The smallest absolute Gasteiger partial charge is 0.281 e. The van der Waals surface area contributed by atoms with Gasteiger partial charge in [-0.1, -0.05) is 0 Å². The van der Waals surface area contributed by atoms with Crippen molar-refractivity contribution in [2.24, 2.45) is 7.05 Å². The highest BCUT2D eigenvalue weighted by molar-refractivity contribution is 5.96. The van der Waals surface area contributed by atoms with Crippen molar-refractivity contribution >= 4 is 16.6 Å². The fraction of sp³-hybridized carbons (Fsp3) is 0.222. The van der Waals surface area contributed by atoms with Crippen molar-refractivity contribution in [2.75, 3.05) is 7.11 Å². The van der Waals surface area contributed by atoms with Crippen LogP contribution in [0.4, 0.5) is 10.1 Å². The first kappa shape index (κ1) is 14.7. The Morgan fingerprint density at radius 1 is 1.25 bits per heavy atom. The maximum atomic E-state index is 13.8. The molecule has 2 aromatic carbocycles. The molecule has 24 heavy (non-hydrogen) atoms. The number of nitro benzene ring substituents is 1. The summed E-state index contributed by atoms with van der Waals surface area (Å²) in [5.41, 5.74) is 3.86. The minimum absolute atomic E-state index is 0.177. The van der Waals surface area contributed by atoms with E-state index in [1.165, 1.54) is 6.07 Å². The average molecular weight is 326 g/mol. The van der Waals surface area contributed by atoms with Crippen LogP contribution in [-0.4, -0.2) is 16.6 Å². The summed E-state index contributed by atoms with van der Waals surface area (Å²) in [4.78, 5) is 11.0. The number of methoxy groups -OCH3 is 1. The average Bonchev–Trinajstić information content (AvgIpc) is 2.86. The number of aromatic nitrogens is 1. The predicted molar refractivity (Wildman–Crippen MR) is 88.9 cm³/mol. The second kappa shape index (κ2) is 5.06. The third-order valence-corrected chi connectivity index (χ3v) is 4.75. The molecule has 0 atom stereocenters. The number of halogens is 1. The molecule has 0 spiro atoms. The SMILES string of the molecule is COc1ccc2c(c1)c1c(n2C)-c2c(cc(F)cc2[N+](=O)[O-])CC1. The van der Waals surface area contributed by atoms with Crippen molar-refractivity contribution in [3.05, 3.63) is 57.4 Å². The first-order valence-electron chi connectivity index (χ1n) is 7.63. The van der Waals surface area contributed by atoms with Gasteiger partial charge in [0.15, 0.2) is 0 Å². The number of aryl methyl sites for hydroxylation is 3. The lowest BCUT2D eigenvalue weighted by atomic mass is 9.87.